The first-order valence-electron chi connectivity index (χ1n) is 7.57. The molecule has 0 spiro atoms. The number of hydrogen-bond acceptors (Lipinski definition) is 2. The highest BCUT2D eigenvalue weighted by atomic mass is 19.1. The smallest absolute Gasteiger partial charge is 0.314 e. The molecule has 116 valence electrons. The van der Waals surface area contributed by atoms with E-state index in [0.717, 1.165) is 31.2 Å². The van der Waals surface area contributed by atoms with Gasteiger partial charge in [-0.3, -0.25) is 0 Å². The molecule has 2 amide bonds. The third-order valence-electron chi connectivity index (χ3n) is 3.89. The van der Waals surface area contributed by atoms with Crippen LogP contribution in [0.4, 0.5) is 9.18 Å². The molecule has 1 aromatic rings. The minimum Gasteiger partial charge on any atom is -0.393 e. The zero-order chi connectivity index (χ0) is 15.1. The maximum Gasteiger partial charge on any atom is 0.314 e. The Bertz CT molecular complexity index is 467. The molecule has 2 unspecified atom stereocenters. The van der Waals surface area contributed by atoms with Gasteiger partial charge in [-0.15, -0.1) is 0 Å². The summed E-state index contributed by atoms with van der Waals surface area (Å²) in [5.74, 6) is 0.107. The average molecular weight is 294 g/mol. The van der Waals surface area contributed by atoms with E-state index in [1.807, 2.05) is 6.07 Å². The van der Waals surface area contributed by atoms with Gasteiger partial charge in [0.15, 0.2) is 0 Å². The first-order valence-corrected chi connectivity index (χ1v) is 7.57. The Morgan fingerprint density at radius 3 is 2.95 bits per heavy atom. The summed E-state index contributed by atoms with van der Waals surface area (Å²) in [5.41, 5.74) is 0.866. The molecule has 1 aromatic carbocycles. The molecule has 2 atom stereocenters. The van der Waals surface area contributed by atoms with Gasteiger partial charge in [-0.2, -0.15) is 0 Å². The molecule has 1 fully saturated rings. The topological polar surface area (TPSA) is 61.4 Å². The van der Waals surface area contributed by atoms with Crippen LogP contribution in [0.25, 0.3) is 0 Å². The number of amides is 2. The van der Waals surface area contributed by atoms with Crippen molar-refractivity contribution in [3.8, 4) is 0 Å². The monoisotopic (exact) mass is 294 g/mol. The number of aliphatic hydroxyl groups excluding tert-OH is 1. The van der Waals surface area contributed by atoms with Crippen molar-refractivity contribution in [2.45, 2.75) is 38.2 Å². The minimum atomic E-state index is -0.257. The van der Waals surface area contributed by atoms with Crippen LogP contribution in [-0.4, -0.2) is 30.3 Å². The van der Waals surface area contributed by atoms with Crippen LogP contribution < -0.4 is 10.6 Å². The van der Waals surface area contributed by atoms with Gasteiger partial charge in [0.2, 0.25) is 0 Å². The number of urea groups is 1. The molecular weight excluding hydrogens is 271 g/mol. The fourth-order valence-corrected chi connectivity index (χ4v) is 2.76. The summed E-state index contributed by atoms with van der Waals surface area (Å²) in [6.45, 7) is 1.07. The molecule has 0 bridgehead atoms. The molecule has 3 N–H and O–H groups in total. The fraction of sp³-hybridized carbons (Fsp3) is 0.562. The molecule has 5 heteroatoms. The molecule has 21 heavy (non-hydrogen) atoms. The second-order valence-corrected chi connectivity index (χ2v) is 5.70. The number of carbonyl (C=O) groups excluding carboxylic acids is 1. The van der Waals surface area contributed by atoms with Crippen LogP contribution in [0.3, 0.4) is 0 Å². The van der Waals surface area contributed by atoms with Crippen molar-refractivity contribution < 1.29 is 14.3 Å². The van der Waals surface area contributed by atoms with Gasteiger partial charge < -0.3 is 15.7 Å². The summed E-state index contributed by atoms with van der Waals surface area (Å²) in [5, 5.41) is 15.2. The molecule has 4 nitrogen and oxygen atoms in total. The van der Waals surface area contributed by atoms with Crippen LogP contribution >= 0.6 is 0 Å². The number of nitrogens with one attached hydrogen (secondary N) is 2. The summed E-state index contributed by atoms with van der Waals surface area (Å²) in [4.78, 5) is 11.7. The summed E-state index contributed by atoms with van der Waals surface area (Å²) >= 11 is 0. The lowest BCUT2D eigenvalue weighted by Crippen LogP contribution is -2.40. The van der Waals surface area contributed by atoms with Crippen molar-refractivity contribution in [1.29, 1.82) is 0 Å². The predicted molar refractivity (Wildman–Crippen MR) is 79.5 cm³/mol. The van der Waals surface area contributed by atoms with Crippen LogP contribution in [0.5, 0.6) is 0 Å². The van der Waals surface area contributed by atoms with Crippen LogP contribution in [0.15, 0.2) is 24.3 Å². The maximum atomic E-state index is 13.0. The summed E-state index contributed by atoms with van der Waals surface area (Å²) in [6.07, 6.45) is 4.10. The molecule has 0 aliphatic heterocycles. The summed E-state index contributed by atoms with van der Waals surface area (Å²) < 4.78 is 13.0. The van der Waals surface area contributed by atoms with Crippen LogP contribution in [0.2, 0.25) is 0 Å². The van der Waals surface area contributed by atoms with Crippen molar-refractivity contribution in [1.82, 2.24) is 10.6 Å². The molecule has 1 aliphatic rings. The largest absolute Gasteiger partial charge is 0.393 e. The van der Waals surface area contributed by atoms with Crippen molar-refractivity contribution in [3.63, 3.8) is 0 Å². The van der Waals surface area contributed by atoms with E-state index in [0.29, 0.717) is 25.4 Å². The third kappa shape index (κ3) is 5.71. The van der Waals surface area contributed by atoms with E-state index in [1.165, 1.54) is 12.1 Å². The molecule has 0 heterocycles. The van der Waals surface area contributed by atoms with Gasteiger partial charge in [0.1, 0.15) is 5.82 Å². The Hall–Kier alpha value is -1.62. The van der Waals surface area contributed by atoms with Crippen molar-refractivity contribution in [2.24, 2.45) is 5.92 Å². The number of halogens is 1. The van der Waals surface area contributed by atoms with Gasteiger partial charge in [-0.25, -0.2) is 9.18 Å². The Kier molecular flexibility index (Phi) is 5.99. The normalized spacial score (nSPS) is 21.8. The molecule has 0 aromatic heterocycles. The summed E-state index contributed by atoms with van der Waals surface area (Å²) in [6, 6.07) is 6.18. The number of benzene rings is 1. The van der Waals surface area contributed by atoms with Gasteiger partial charge in [0.05, 0.1) is 6.10 Å². The third-order valence-corrected chi connectivity index (χ3v) is 3.89. The lowest BCUT2D eigenvalue weighted by atomic mass is 9.87. The minimum absolute atomic E-state index is 0.202. The molecule has 0 radical (unpaired) electrons. The Labute approximate surface area is 124 Å². The first-order chi connectivity index (χ1) is 10.1. The Morgan fingerprint density at radius 2 is 2.19 bits per heavy atom. The van der Waals surface area contributed by atoms with Gasteiger partial charge in [0, 0.05) is 13.1 Å². The lowest BCUT2D eigenvalue weighted by Gasteiger charge is -2.25. The van der Waals surface area contributed by atoms with E-state index in [2.05, 4.69) is 10.6 Å². The Morgan fingerprint density at radius 1 is 1.33 bits per heavy atom. The van der Waals surface area contributed by atoms with Gasteiger partial charge in [-0.05, 0) is 49.3 Å². The predicted octanol–water partition coefficient (Wildman–Crippen LogP) is 2.22. The highest BCUT2D eigenvalue weighted by Crippen LogP contribution is 2.23. The second kappa shape index (κ2) is 7.98. The van der Waals surface area contributed by atoms with Crippen molar-refractivity contribution in [3.05, 3.63) is 35.6 Å². The molecule has 0 saturated heterocycles. The van der Waals surface area contributed by atoms with E-state index in [4.69, 9.17) is 0 Å². The van der Waals surface area contributed by atoms with Crippen LogP contribution in [0, 0.1) is 11.7 Å². The highest BCUT2D eigenvalue weighted by molar-refractivity contribution is 5.73. The zero-order valence-electron chi connectivity index (χ0n) is 12.1. The SMILES string of the molecule is O=C(NCCc1cccc(F)c1)NCC1CCCC(O)C1. The highest BCUT2D eigenvalue weighted by Gasteiger charge is 2.20. The molecule has 1 saturated carbocycles. The van der Waals surface area contributed by atoms with Gasteiger partial charge in [0.25, 0.3) is 0 Å². The number of carbonyl (C=O) groups is 1. The zero-order valence-corrected chi connectivity index (χ0v) is 12.1. The fourth-order valence-electron chi connectivity index (χ4n) is 2.76. The van der Waals surface area contributed by atoms with Crippen LogP contribution in [-0.2, 0) is 6.42 Å². The molecule has 1 aliphatic carbocycles. The van der Waals surface area contributed by atoms with Crippen molar-refractivity contribution >= 4 is 6.03 Å². The van der Waals surface area contributed by atoms with Crippen molar-refractivity contribution in [2.75, 3.05) is 13.1 Å². The van der Waals surface area contributed by atoms with Gasteiger partial charge in [-0.1, -0.05) is 18.6 Å². The molecular formula is C16H23FN2O2. The Balaban J connectivity index is 1.61. The standard InChI is InChI=1S/C16H23FN2O2/c17-14-5-1-3-12(9-14)7-8-18-16(21)19-11-13-4-2-6-15(20)10-13/h1,3,5,9,13,15,20H,2,4,6-8,10-11H2,(H2,18,19,21). The molecule has 2 rings (SSSR count). The lowest BCUT2D eigenvalue weighted by molar-refractivity contribution is 0.101. The van der Waals surface area contributed by atoms with Gasteiger partial charge >= 0.3 is 6.03 Å². The van der Waals surface area contributed by atoms with E-state index < -0.39 is 0 Å². The first kappa shape index (κ1) is 15.8. The number of aliphatic hydroxyl groups is 1. The summed E-state index contributed by atoms with van der Waals surface area (Å²) in [7, 11) is 0. The van der Waals surface area contributed by atoms with E-state index in [1.54, 1.807) is 6.07 Å². The van der Waals surface area contributed by atoms with E-state index in [9.17, 15) is 14.3 Å². The maximum absolute atomic E-state index is 13.0. The second-order valence-electron chi connectivity index (χ2n) is 5.70. The quantitative estimate of drug-likeness (QED) is 0.780. The average Bonchev–Trinajstić information content (AvgIpc) is 2.45. The van der Waals surface area contributed by atoms with E-state index in [-0.39, 0.29) is 18.0 Å². The van der Waals surface area contributed by atoms with Crippen LogP contribution in [0.1, 0.15) is 31.2 Å². The van der Waals surface area contributed by atoms with E-state index >= 15 is 0 Å². The number of hydrogen-bond donors (Lipinski definition) is 3. The number of rotatable bonds is 5.